The summed E-state index contributed by atoms with van der Waals surface area (Å²) in [5, 5.41) is 13.6. The lowest BCUT2D eigenvalue weighted by atomic mass is 10.1. The van der Waals surface area contributed by atoms with E-state index in [0.717, 1.165) is 25.9 Å². The minimum Gasteiger partial charge on any atom is -0.358 e. The predicted octanol–water partition coefficient (Wildman–Crippen LogP) is 2.96. The molecule has 8 heteroatoms. The van der Waals surface area contributed by atoms with E-state index in [4.69, 9.17) is 12.2 Å². The zero-order valence-corrected chi connectivity index (χ0v) is 13.8. The van der Waals surface area contributed by atoms with Crippen molar-refractivity contribution in [2.45, 2.75) is 19.8 Å². The normalized spacial score (nSPS) is 14.0. The van der Waals surface area contributed by atoms with E-state index in [-0.39, 0.29) is 23.0 Å². The van der Waals surface area contributed by atoms with E-state index in [1.165, 1.54) is 17.8 Å². The number of nitrogens with zero attached hydrogens (tertiary/aromatic N) is 2. The smallest absolute Gasteiger partial charge is 0.293 e. The molecule has 1 aromatic rings. The van der Waals surface area contributed by atoms with Crippen LogP contribution < -0.4 is 5.32 Å². The molecule has 6 nitrogen and oxygen atoms in total. The predicted molar refractivity (Wildman–Crippen MR) is 92.3 cm³/mol. The van der Waals surface area contributed by atoms with Gasteiger partial charge >= 0.3 is 0 Å². The van der Waals surface area contributed by atoms with Crippen LogP contribution in [0.15, 0.2) is 18.2 Å². The number of nitro benzene ring substituents is 1. The summed E-state index contributed by atoms with van der Waals surface area (Å²) < 4.78 is 0.715. The maximum absolute atomic E-state index is 12.0. The molecule has 0 aliphatic carbocycles. The number of anilines is 1. The summed E-state index contributed by atoms with van der Waals surface area (Å²) in [5.74, 6) is -0.134. The van der Waals surface area contributed by atoms with E-state index in [1.54, 1.807) is 19.1 Å². The van der Waals surface area contributed by atoms with Crippen molar-refractivity contribution >= 4 is 45.6 Å². The zero-order chi connectivity index (χ0) is 16.1. The Balaban J connectivity index is 1.95. The lowest BCUT2D eigenvalue weighted by Crippen LogP contribution is -2.25. The fourth-order valence-corrected chi connectivity index (χ4v) is 3.31. The summed E-state index contributed by atoms with van der Waals surface area (Å²) in [6.45, 7) is 3.61. The molecule has 1 amide bonds. The molecule has 1 aliphatic rings. The Morgan fingerprint density at radius 2 is 2.14 bits per heavy atom. The largest absolute Gasteiger partial charge is 0.358 e. The van der Waals surface area contributed by atoms with Crippen molar-refractivity contribution in [1.82, 2.24) is 4.90 Å². The Bertz CT molecular complexity index is 601. The molecule has 22 heavy (non-hydrogen) atoms. The van der Waals surface area contributed by atoms with Crippen LogP contribution in [0.25, 0.3) is 0 Å². The Morgan fingerprint density at radius 3 is 2.77 bits per heavy atom. The van der Waals surface area contributed by atoms with Crippen LogP contribution in [-0.4, -0.2) is 38.9 Å². The highest BCUT2D eigenvalue weighted by Gasteiger charge is 2.19. The molecular weight excluding hydrogens is 322 g/mol. The number of carbonyl (C=O) groups excluding carboxylic acids is 1. The molecule has 0 aromatic heterocycles. The van der Waals surface area contributed by atoms with E-state index in [9.17, 15) is 14.9 Å². The monoisotopic (exact) mass is 339 g/mol. The fraction of sp³-hybridized carbons (Fsp3) is 0.429. The molecule has 0 atom stereocenters. The highest BCUT2D eigenvalue weighted by Crippen LogP contribution is 2.27. The SMILES string of the molecule is Cc1cccc([N+](=O)[O-])c1NC(=O)CSC(=S)N1CCCC1. The van der Waals surface area contributed by atoms with Gasteiger partial charge in [0.1, 0.15) is 10.0 Å². The second-order valence-electron chi connectivity index (χ2n) is 5.02. The number of rotatable bonds is 4. The Labute approximate surface area is 138 Å². The number of thioether (sulfide) groups is 1. The molecule has 1 fully saturated rings. The van der Waals surface area contributed by atoms with Crippen LogP contribution in [0.2, 0.25) is 0 Å². The van der Waals surface area contributed by atoms with E-state index in [0.29, 0.717) is 9.88 Å². The van der Waals surface area contributed by atoms with E-state index >= 15 is 0 Å². The first-order chi connectivity index (χ1) is 10.5. The van der Waals surface area contributed by atoms with Gasteiger partial charge in [-0.05, 0) is 25.3 Å². The van der Waals surface area contributed by atoms with Crippen LogP contribution in [0, 0.1) is 17.0 Å². The van der Waals surface area contributed by atoms with Gasteiger partial charge in [-0.1, -0.05) is 36.1 Å². The van der Waals surface area contributed by atoms with Crippen molar-refractivity contribution in [2.24, 2.45) is 0 Å². The highest BCUT2D eigenvalue weighted by atomic mass is 32.2. The summed E-state index contributed by atoms with van der Waals surface area (Å²) in [6, 6.07) is 4.70. The maximum atomic E-state index is 12.0. The van der Waals surface area contributed by atoms with Gasteiger partial charge in [0.25, 0.3) is 5.69 Å². The minimum absolute atomic E-state index is 0.0968. The molecular formula is C14H17N3O3S2. The summed E-state index contributed by atoms with van der Waals surface area (Å²) in [5.41, 5.74) is 0.820. The summed E-state index contributed by atoms with van der Waals surface area (Å²) in [4.78, 5) is 24.6. The van der Waals surface area contributed by atoms with Crippen molar-refractivity contribution in [3.8, 4) is 0 Å². The van der Waals surface area contributed by atoms with Crippen molar-refractivity contribution < 1.29 is 9.72 Å². The molecule has 118 valence electrons. The molecule has 1 saturated heterocycles. The first-order valence-electron chi connectivity index (χ1n) is 6.94. The van der Waals surface area contributed by atoms with Crippen molar-refractivity contribution in [1.29, 1.82) is 0 Å². The molecule has 0 bridgehead atoms. The Kier molecular flexibility index (Phi) is 5.73. The number of nitrogens with one attached hydrogen (secondary N) is 1. The van der Waals surface area contributed by atoms with Crippen LogP contribution in [-0.2, 0) is 4.79 Å². The number of hydrogen-bond donors (Lipinski definition) is 1. The van der Waals surface area contributed by atoms with Crippen molar-refractivity contribution in [3.05, 3.63) is 33.9 Å². The third-order valence-electron chi connectivity index (χ3n) is 3.40. The third kappa shape index (κ3) is 4.17. The number of nitro groups is 1. The van der Waals surface area contributed by atoms with Gasteiger partial charge in [0.15, 0.2) is 0 Å². The van der Waals surface area contributed by atoms with Crippen LogP contribution in [0.4, 0.5) is 11.4 Å². The Hall–Kier alpha value is -1.67. The van der Waals surface area contributed by atoms with Crippen LogP contribution >= 0.6 is 24.0 Å². The van der Waals surface area contributed by atoms with E-state index in [1.807, 2.05) is 0 Å². The molecule has 1 aliphatic heterocycles. The van der Waals surface area contributed by atoms with Gasteiger partial charge in [-0.25, -0.2) is 0 Å². The quantitative estimate of drug-likeness (QED) is 0.516. The number of aryl methyl sites for hydroxylation is 1. The molecule has 1 aromatic carbocycles. The minimum atomic E-state index is -0.495. The zero-order valence-electron chi connectivity index (χ0n) is 12.2. The number of para-hydroxylation sites is 1. The molecule has 0 saturated carbocycles. The topological polar surface area (TPSA) is 75.5 Å². The Morgan fingerprint density at radius 1 is 1.45 bits per heavy atom. The maximum Gasteiger partial charge on any atom is 0.293 e. The highest BCUT2D eigenvalue weighted by molar-refractivity contribution is 8.23. The molecule has 1 N–H and O–H groups in total. The van der Waals surface area contributed by atoms with Crippen LogP contribution in [0.1, 0.15) is 18.4 Å². The van der Waals surface area contributed by atoms with Crippen LogP contribution in [0.5, 0.6) is 0 Å². The van der Waals surface area contributed by atoms with Gasteiger partial charge < -0.3 is 10.2 Å². The number of carbonyl (C=O) groups is 1. The lowest BCUT2D eigenvalue weighted by molar-refractivity contribution is -0.384. The molecule has 0 spiro atoms. The van der Waals surface area contributed by atoms with E-state index < -0.39 is 4.92 Å². The molecule has 2 rings (SSSR count). The molecule has 0 radical (unpaired) electrons. The summed E-state index contributed by atoms with van der Waals surface area (Å²) >= 11 is 6.59. The van der Waals surface area contributed by atoms with Crippen molar-refractivity contribution in [2.75, 3.05) is 24.2 Å². The van der Waals surface area contributed by atoms with Gasteiger partial charge in [-0.3, -0.25) is 14.9 Å². The lowest BCUT2D eigenvalue weighted by Gasteiger charge is -2.17. The number of hydrogen-bond acceptors (Lipinski definition) is 5. The average molecular weight is 339 g/mol. The first-order valence-corrected chi connectivity index (χ1v) is 8.34. The molecule has 1 heterocycles. The number of amides is 1. The van der Waals surface area contributed by atoms with Gasteiger partial charge in [0, 0.05) is 19.2 Å². The second kappa shape index (κ2) is 7.55. The fourth-order valence-electron chi connectivity index (χ4n) is 2.26. The summed E-state index contributed by atoms with van der Waals surface area (Å²) in [6.07, 6.45) is 2.25. The number of benzene rings is 1. The average Bonchev–Trinajstić information content (AvgIpc) is 3.01. The first kappa shape index (κ1) is 16.7. The van der Waals surface area contributed by atoms with Crippen molar-refractivity contribution in [3.63, 3.8) is 0 Å². The van der Waals surface area contributed by atoms with E-state index in [2.05, 4.69) is 10.2 Å². The number of likely N-dealkylation sites (tertiary alicyclic amines) is 1. The number of thiocarbonyl (C=S) groups is 1. The van der Waals surface area contributed by atoms with Gasteiger partial charge in [0.2, 0.25) is 5.91 Å². The third-order valence-corrected chi connectivity index (χ3v) is 4.93. The summed E-state index contributed by atoms with van der Waals surface area (Å²) in [7, 11) is 0. The second-order valence-corrected chi connectivity index (χ2v) is 6.63. The van der Waals surface area contributed by atoms with Gasteiger partial charge in [-0.2, -0.15) is 0 Å². The molecule has 0 unspecified atom stereocenters. The van der Waals surface area contributed by atoms with Gasteiger partial charge in [0.05, 0.1) is 10.7 Å². The standard InChI is InChI=1S/C14H17N3O3S2/c1-10-5-4-6-11(17(19)20)13(10)15-12(18)9-22-14(21)16-7-2-3-8-16/h4-6H,2-3,7-9H2,1H3,(H,15,18). The van der Waals surface area contributed by atoms with Gasteiger partial charge in [-0.15, -0.1) is 0 Å². The van der Waals surface area contributed by atoms with Crippen LogP contribution in [0.3, 0.4) is 0 Å².